The molecule has 0 saturated heterocycles. The highest BCUT2D eigenvalue weighted by Gasteiger charge is 1.92. The van der Waals surface area contributed by atoms with Gasteiger partial charge in [0.15, 0.2) is 0 Å². The van der Waals surface area contributed by atoms with Crippen LogP contribution in [0.3, 0.4) is 0 Å². The van der Waals surface area contributed by atoms with Crippen LogP contribution in [-0.2, 0) is 5.33 Å². The van der Waals surface area contributed by atoms with Crippen molar-refractivity contribution in [2.45, 2.75) is 5.33 Å². The minimum absolute atomic E-state index is 0.207. The van der Waals surface area contributed by atoms with E-state index in [1.807, 2.05) is 30.4 Å². The highest BCUT2D eigenvalue weighted by molar-refractivity contribution is 9.08. The summed E-state index contributed by atoms with van der Waals surface area (Å²) >= 11 is 3.41. The molecule has 0 saturated carbocycles. The van der Waals surface area contributed by atoms with Gasteiger partial charge in [0.05, 0.1) is 0 Å². The molecule has 0 radical (unpaired) electrons. The number of alkyl halides is 1. The SMILES string of the molecule is Fc1cccc(/C=C/c2ccc(CBr)cc2)c1. The van der Waals surface area contributed by atoms with Crippen molar-refractivity contribution in [3.05, 3.63) is 71.0 Å². The van der Waals surface area contributed by atoms with E-state index in [0.717, 1.165) is 16.5 Å². The molecule has 2 rings (SSSR count). The quantitative estimate of drug-likeness (QED) is 0.558. The van der Waals surface area contributed by atoms with Gasteiger partial charge in [0, 0.05) is 5.33 Å². The van der Waals surface area contributed by atoms with E-state index in [4.69, 9.17) is 0 Å². The monoisotopic (exact) mass is 290 g/mol. The molecule has 0 amide bonds. The fourth-order valence-electron chi connectivity index (χ4n) is 1.52. The molecule has 0 aromatic heterocycles. The van der Waals surface area contributed by atoms with Crippen LogP contribution < -0.4 is 0 Å². The first-order valence-electron chi connectivity index (χ1n) is 5.36. The van der Waals surface area contributed by atoms with E-state index in [0.29, 0.717) is 0 Å². The molecule has 2 aromatic carbocycles. The largest absolute Gasteiger partial charge is 0.207 e. The van der Waals surface area contributed by atoms with Crippen LogP contribution in [0.4, 0.5) is 4.39 Å². The van der Waals surface area contributed by atoms with Crippen LogP contribution in [0.25, 0.3) is 12.2 Å². The standard InChI is InChI=1S/C15H12BrF/c16-11-14-8-5-12(6-9-14)4-7-13-2-1-3-15(17)10-13/h1-10H,11H2/b7-4+. The van der Waals surface area contributed by atoms with Gasteiger partial charge >= 0.3 is 0 Å². The van der Waals surface area contributed by atoms with Gasteiger partial charge in [-0.15, -0.1) is 0 Å². The first kappa shape index (κ1) is 12.1. The Morgan fingerprint density at radius 3 is 2.29 bits per heavy atom. The third-order valence-electron chi connectivity index (χ3n) is 2.45. The van der Waals surface area contributed by atoms with Crippen LogP contribution in [0.15, 0.2) is 48.5 Å². The Kier molecular flexibility index (Phi) is 4.10. The fourth-order valence-corrected chi connectivity index (χ4v) is 1.89. The molecule has 2 heteroatoms. The zero-order valence-corrected chi connectivity index (χ0v) is 10.8. The van der Waals surface area contributed by atoms with Gasteiger partial charge in [-0.25, -0.2) is 4.39 Å². The molecule has 0 bridgehead atoms. The van der Waals surface area contributed by atoms with Crippen LogP contribution in [-0.4, -0.2) is 0 Å². The van der Waals surface area contributed by atoms with E-state index >= 15 is 0 Å². The summed E-state index contributed by atoms with van der Waals surface area (Å²) < 4.78 is 13.0. The van der Waals surface area contributed by atoms with Crippen LogP contribution >= 0.6 is 15.9 Å². The maximum Gasteiger partial charge on any atom is 0.123 e. The molecule has 0 nitrogen and oxygen atoms in total. The molecule has 0 unspecified atom stereocenters. The molecular weight excluding hydrogens is 279 g/mol. The van der Waals surface area contributed by atoms with Crippen molar-refractivity contribution in [1.82, 2.24) is 0 Å². The Labute approximate surface area is 109 Å². The number of rotatable bonds is 3. The van der Waals surface area contributed by atoms with Gasteiger partial charge in [0.1, 0.15) is 5.82 Å². The Morgan fingerprint density at radius 1 is 0.941 bits per heavy atom. The number of hydrogen-bond donors (Lipinski definition) is 0. The first-order valence-corrected chi connectivity index (χ1v) is 6.48. The van der Waals surface area contributed by atoms with Crippen molar-refractivity contribution in [1.29, 1.82) is 0 Å². The summed E-state index contributed by atoms with van der Waals surface area (Å²) in [6, 6.07) is 14.8. The van der Waals surface area contributed by atoms with E-state index in [1.54, 1.807) is 6.07 Å². The van der Waals surface area contributed by atoms with Gasteiger partial charge in [-0.05, 0) is 28.8 Å². The minimum atomic E-state index is -0.207. The summed E-state index contributed by atoms with van der Waals surface area (Å²) in [5.74, 6) is -0.207. The summed E-state index contributed by atoms with van der Waals surface area (Å²) in [4.78, 5) is 0. The lowest BCUT2D eigenvalue weighted by atomic mass is 10.1. The van der Waals surface area contributed by atoms with Crippen LogP contribution in [0.5, 0.6) is 0 Å². The number of hydrogen-bond acceptors (Lipinski definition) is 0. The second kappa shape index (κ2) is 5.78. The molecule has 0 aliphatic rings. The number of halogens is 2. The van der Waals surface area contributed by atoms with Crippen molar-refractivity contribution in [2.75, 3.05) is 0 Å². The second-order valence-electron chi connectivity index (χ2n) is 3.76. The van der Waals surface area contributed by atoms with Crippen LogP contribution in [0.1, 0.15) is 16.7 Å². The van der Waals surface area contributed by atoms with Crippen LogP contribution in [0.2, 0.25) is 0 Å². The van der Waals surface area contributed by atoms with E-state index in [2.05, 4.69) is 28.1 Å². The summed E-state index contributed by atoms with van der Waals surface area (Å²) in [5.41, 5.74) is 3.22. The molecule has 0 aliphatic carbocycles. The molecule has 0 atom stereocenters. The van der Waals surface area contributed by atoms with Crippen LogP contribution in [0, 0.1) is 5.82 Å². The smallest absolute Gasteiger partial charge is 0.123 e. The summed E-state index contributed by atoms with van der Waals surface area (Å²) in [5, 5.41) is 0.862. The molecular formula is C15H12BrF. The van der Waals surface area contributed by atoms with Crippen molar-refractivity contribution < 1.29 is 4.39 Å². The molecule has 0 spiro atoms. The van der Waals surface area contributed by atoms with Crippen molar-refractivity contribution in [2.24, 2.45) is 0 Å². The third kappa shape index (κ3) is 3.53. The average Bonchev–Trinajstić information content (AvgIpc) is 2.37. The Morgan fingerprint density at radius 2 is 1.65 bits per heavy atom. The van der Waals surface area contributed by atoms with Crippen molar-refractivity contribution >= 4 is 28.1 Å². The second-order valence-corrected chi connectivity index (χ2v) is 4.32. The molecule has 2 aromatic rings. The molecule has 17 heavy (non-hydrogen) atoms. The van der Waals surface area contributed by atoms with Gasteiger partial charge in [0.2, 0.25) is 0 Å². The van der Waals surface area contributed by atoms with Gasteiger partial charge < -0.3 is 0 Å². The van der Waals surface area contributed by atoms with Gasteiger partial charge in [-0.3, -0.25) is 0 Å². The predicted molar refractivity (Wildman–Crippen MR) is 74.4 cm³/mol. The van der Waals surface area contributed by atoms with Gasteiger partial charge in [0.25, 0.3) is 0 Å². The normalized spacial score (nSPS) is 10.9. The molecule has 0 N–H and O–H groups in total. The Balaban J connectivity index is 2.14. The summed E-state index contributed by atoms with van der Waals surface area (Å²) in [7, 11) is 0. The lowest BCUT2D eigenvalue weighted by molar-refractivity contribution is 0.627. The van der Waals surface area contributed by atoms with E-state index in [-0.39, 0.29) is 5.82 Å². The minimum Gasteiger partial charge on any atom is -0.207 e. The Bertz CT molecular complexity index is 515. The topological polar surface area (TPSA) is 0 Å². The maximum absolute atomic E-state index is 13.0. The highest BCUT2D eigenvalue weighted by Crippen LogP contribution is 2.12. The zero-order valence-electron chi connectivity index (χ0n) is 9.24. The van der Waals surface area contributed by atoms with E-state index < -0.39 is 0 Å². The third-order valence-corrected chi connectivity index (χ3v) is 3.10. The molecule has 0 aliphatic heterocycles. The van der Waals surface area contributed by atoms with E-state index in [9.17, 15) is 4.39 Å². The van der Waals surface area contributed by atoms with E-state index in [1.165, 1.54) is 17.7 Å². The number of benzene rings is 2. The van der Waals surface area contributed by atoms with Crippen molar-refractivity contribution in [3.8, 4) is 0 Å². The summed E-state index contributed by atoms with van der Waals surface area (Å²) in [6.45, 7) is 0. The lowest BCUT2D eigenvalue weighted by Crippen LogP contribution is -1.78. The summed E-state index contributed by atoms with van der Waals surface area (Å²) in [6.07, 6.45) is 3.89. The molecule has 86 valence electrons. The highest BCUT2D eigenvalue weighted by atomic mass is 79.9. The van der Waals surface area contributed by atoms with Gasteiger partial charge in [-0.1, -0.05) is 64.5 Å². The van der Waals surface area contributed by atoms with Crippen molar-refractivity contribution in [3.63, 3.8) is 0 Å². The predicted octanol–water partition coefficient (Wildman–Crippen LogP) is 4.89. The zero-order chi connectivity index (χ0) is 12.1. The van der Waals surface area contributed by atoms with Gasteiger partial charge in [-0.2, -0.15) is 0 Å². The fraction of sp³-hybridized carbons (Fsp3) is 0.0667. The average molecular weight is 291 g/mol. The molecule has 0 heterocycles. The lowest BCUT2D eigenvalue weighted by Gasteiger charge is -1.97. The Hall–Kier alpha value is -1.41. The maximum atomic E-state index is 13.0. The first-order chi connectivity index (χ1) is 8.28. The molecule has 0 fully saturated rings.